The summed E-state index contributed by atoms with van der Waals surface area (Å²) in [5.74, 6) is 0.392. The van der Waals surface area contributed by atoms with Crippen LogP contribution in [-0.2, 0) is 5.75 Å². The minimum atomic E-state index is -0.470. The third-order valence-corrected chi connectivity index (χ3v) is 4.88. The van der Waals surface area contributed by atoms with Crippen molar-refractivity contribution < 1.29 is 9.72 Å². The number of nitro groups is 1. The monoisotopic (exact) mass is 356 g/mol. The number of hydrogen-bond donors (Lipinski definition) is 0. The zero-order valence-electron chi connectivity index (χ0n) is 13.6. The SMILES string of the molecule is Cc1ccc(C(=O)N2CCN=C2SCc2cccnc2)cc1[N+](=O)[O-]. The Labute approximate surface area is 148 Å². The summed E-state index contributed by atoms with van der Waals surface area (Å²) in [6.07, 6.45) is 3.49. The van der Waals surface area contributed by atoms with Crippen LogP contribution in [0, 0.1) is 17.0 Å². The van der Waals surface area contributed by atoms with Gasteiger partial charge < -0.3 is 0 Å². The molecule has 7 nitrogen and oxygen atoms in total. The largest absolute Gasteiger partial charge is 0.286 e. The zero-order valence-corrected chi connectivity index (χ0v) is 14.4. The molecule has 0 saturated heterocycles. The quantitative estimate of drug-likeness (QED) is 0.620. The lowest BCUT2D eigenvalue weighted by molar-refractivity contribution is -0.385. The van der Waals surface area contributed by atoms with Crippen LogP contribution in [0.2, 0.25) is 0 Å². The Morgan fingerprint density at radius 3 is 2.96 bits per heavy atom. The summed E-state index contributed by atoms with van der Waals surface area (Å²) in [5.41, 5.74) is 1.82. The van der Waals surface area contributed by atoms with E-state index in [1.165, 1.54) is 17.8 Å². The van der Waals surface area contributed by atoms with Gasteiger partial charge in [-0.1, -0.05) is 23.9 Å². The molecule has 0 radical (unpaired) electrons. The van der Waals surface area contributed by atoms with Gasteiger partial charge in [0.25, 0.3) is 11.6 Å². The average molecular weight is 356 g/mol. The number of carbonyl (C=O) groups is 1. The molecule has 3 rings (SSSR count). The van der Waals surface area contributed by atoms with E-state index in [2.05, 4.69) is 9.98 Å². The molecule has 1 aromatic carbocycles. The summed E-state index contributed by atoms with van der Waals surface area (Å²) in [5, 5.41) is 11.7. The molecule has 25 heavy (non-hydrogen) atoms. The maximum Gasteiger partial charge on any atom is 0.273 e. The van der Waals surface area contributed by atoms with Gasteiger partial charge in [-0.2, -0.15) is 0 Å². The summed E-state index contributed by atoms with van der Waals surface area (Å²) >= 11 is 1.46. The van der Waals surface area contributed by atoms with Gasteiger partial charge in [-0.15, -0.1) is 0 Å². The normalized spacial score (nSPS) is 13.6. The van der Waals surface area contributed by atoms with Crippen LogP contribution >= 0.6 is 11.8 Å². The van der Waals surface area contributed by atoms with Gasteiger partial charge in [0.2, 0.25) is 0 Å². The lowest BCUT2D eigenvalue weighted by atomic mass is 10.1. The Kier molecular flexibility index (Phi) is 5.08. The van der Waals surface area contributed by atoms with Crippen LogP contribution < -0.4 is 0 Å². The average Bonchev–Trinajstić information content (AvgIpc) is 3.09. The van der Waals surface area contributed by atoms with E-state index in [-0.39, 0.29) is 11.6 Å². The first kappa shape index (κ1) is 17.1. The molecule has 8 heteroatoms. The number of nitrogens with zero attached hydrogens (tertiary/aromatic N) is 4. The maximum atomic E-state index is 12.8. The van der Waals surface area contributed by atoms with Crippen molar-refractivity contribution >= 4 is 28.5 Å². The molecule has 0 N–H and O–H groups in total. The zero-order chi connectivity index (χ0) is 17.8. The molecule has 0 bridgehead atoms. The molecular weight excluding hydrogens is 340 g/mol. The summed E-state index contributed by atoms with van der Waals surface area (Å²) in [7, 11) is 0. The smallest absolute Gasteiger partial charge is 0.273 e. The van der Waals surface area contributed by atoms with Gasteiger partial charge in [0.15, 0.2) is 5.17 Å². The minimum absolute atomic E-state index is 0.0495. The number of thioether (sulfide) groups is 1. The topological polar surface area (TPSA) is 88.7 Å². The Hall–Kier alpha value is -2.74. The first-order chi connectivity index (χ1) is 12.1. The van der Waals surface area contributed by atoms with Gasteiger partial charge in [-0.3, -0.25) is 29.8 Å². The Morgan fingerprint density at radius 1 is 1.40 bits per heavy atom. The fraction of sp³-hybridized carbons (Fsp3) is 0.235. The lowest BCUT2D eigenvalue weighted by Crippen LogP contribution is -2.32. The number of hydrogen-bond acceptors (Lipinski definition) is 6. The van der Waals surface area contributed by atoms with Gasteiger partial charge in [-0.05, 0) is 24.6 Å². The van der Waals surface area contributed by atoms with Crippen molar-refractivity contribution in [3.05, 3.63) is 69.5 Å². The molecule has 0 fully saturated rings. The van der Waals surface area contributed by atoms with Gasteiger partial charge in [0.1, 0.15) is 0 Å². The van der Waals surface area contributed by atoms with Crippen molar-refractivity contribution in [2.45, 2.75) is 12.7 Å². The minimum Gasteiger partial charge on any atom is -0.286 e. The highest BCUT2D eigenvalue weighted by atomic mass is 32.2. The Bertz CT molecular complexity index is 839. The molecule has 0 spiro atoms. The lowest BCUT2D eigenvalue weighted by Gasteiger charge is -2.18. The van der Waals surface area contributed by atoms with E-state index >= 15 is 0 Å². The van der Waals surface area contributed by atoms with Crippen molar-refractivity contribution in [1.29, 1.82) is 0 Å². The molecule has 1 aliphatic heterocycles. The fourth-order valence-electron chi connectivity index (χ4n) is 2.46. The first-order valence-corrected chi connectivity index (χ1v) is 8.68. The number of rotatable bonds is 4. The Balaban J connectivity index is 1.74. The van der Waals surface area contributed by atoms with Crippen LogP contribution in [0.1, 0.15) is 21.5 Å². The van der Waals surface area contributed by atoms with Gasteiger partial charge in [0.05, 0.1) is 11.5 Å². The predicted molar refractivity (Wildman–Crippen MR) is 96.7 cm³/mol. The second-order valence-electron chi connectivity index (χ2n) is 5.53. The number of aromatic nitrogens is 1. The van der Waals surface area contributed by atoms with E-state index in [0.29, 0.717) is 35.1 Å². The molecule has 2 aromatic rings. The van der Waals surface area contributed by atoms with Crippen LogP contribution in [0.15, 0.2) is 47.7 Å². The van der Waals surface area contributed by atoms with E-state index in [9.17, 15) is 14.9 Å². The standard InChI is InChI=1S/C17H16N4O3S/c1-12-4-5-14(9-15(12)21(23)24)16(22)20-8-7-19-17(20)25-11-13-3-2-6-18-10-13/h2-6,9-10H,7-8,11H2,1H3. The number of nitro benzene ring substituents is 1. The summed E-state index contributed by atoms with van der Waals surface area (Å²) in [4.78, 5) is 33.4. The predicted octanol–water partition coefficient (Wildman–Crippen LogP) is 3.04. The highest BCUT2D eigenvalue weighted by Crippen LogP contribution is 2.24. The van der Waals surface area contributed by atoms with E-state index in [1.54, 1.807) is 36.4 Å². The fourth-order valence-corrected chi connectivity index (χ4v) is 3.44. The van der Waals surface area contributed by atoms with Crippen LogP contribution in [0.5, 0.6) is 0 Å². The number of pyridine rings is 1. The van der Waals surface area contributed by atoms with Crippen molar-refractivity contribution in [3.63, 3.8) is 0 Å². The number of amides is 1. The number of carbonyl (C=O) groups excluding carboxylic acids is 1. The molecule has 2 heterocycles. The number of amidine groups is 1. The molecule has 1 aromatic heterocycles. The second kappa shape index (κ2) is 7.43. The summed E-state index contributed by atoms with van der Waals surface area (Å²) < 4.78 is 0. The number of aliphatic imine (C=N–C) groups is 1. The maximum absolute atomic E-state index is 12.8. The highest BCUT2D eigenvalue weighted by Gasteiger charge is 2.26. The van der Waals surface area contributed by atoms with Crippen LogP contribution in [0.3, 0.4) is 0 Å². The van der Waals surface area contributed by atoms with Crippen molar-refractivity contribution in [1.82, 2.24) is 9.88 Å². The van der Waals surface area contributed by atoms with Crippen molar-refractivity contribution in [2.24, 2.45) is 4.99 Å². The molecule has 0 unspecified atom stereocenters. The molecule has 128 valence electrons. The first-order valence-electron chi connectivity index (χ1n) is 7.69. The van der Waals surface area contributed by atoms with Crippen LogP contribution in [-0.4, -0.2) is 39.0 Å². The molecule has 1 aliphatic rings. The second-order valence-corrected chi connectivity index (χ2v) is 6.47. The van der Waals surface area contributed by atoms with E-state index in [0.717, 1.165) is 5.56 Å². The molecule has 0 aliphatic carbocycles. The third kappa shape index (κ3) is 3.85. The molecular formula is C17H16N4O3S. The molecule has 1 amide bonds. The van der Waals surface area contributed by atoms with Crippen LogP contribution in [0.25, 0.3) is 0 Å². The number of benzene rings is 1. The summed E-state index contributed by atoms with van der Waals surface area (Å²) in [6.45, 7) is 2.67. The Morgan fingerprint density at radius 2 is 2.24 bits per heavy atom. The number of aryl methyl sites for hydroxylation is 1. The van der Waals surface area contributed by atoms with Gasteiger partial charge >= 0.3 is 0 Å². The van der Waals surface area contributed by atoms with Crippen molar-refractivity contribution in [3.8, 4) is 0 Å². The van der Waals surface area contributed by atoms with Crippen molar-refractivity contribution in [2.75, 3.05) is 13.1 Å². The van der Waals surface area contributed by atoms with E-state index in [1.807, 2.05) is 12.1 Å². The van der Waals surface area contributed by atoms with Crippen LogP contribution in [0.4, 0.5) is 5.69 Å². The van der Waals surface area contributed by atoms with E-state index < -0.39 is 4.92 Å². The molecule has 0 saturated carbocycles. The molecule has 0 atom stereocenters. The van der Waals surface area contributed by atoms with Gasteiger partial charge in [0, 0.05) is 41.9 Å². The third-order valence-electron chi connectivity index (χ3n) is 3.79. The highest BCUT2D eigenvalue weighted by molar-refractivity contribution is 8.13. The van der Waals surface area contributed by atoms with E-state index in [4.69, 9.17) is 0 Å². The van der Waals surface area contributed by atoms with Gasteiger partial charge in [-0.25, -0.2) is 0 Å². The summed E-state index contributed by atoms with van der Waals surface area (Å²) in [6, 6.07) is 8.37.